The van der Waals surface area contributed by atoms with Crippen LogP contribution in [0.2, 0.25) is 0 Å². The maximum atomic E-state index is 13.2. The number of aromatic nitrogens is 3. The molecule has 1 aliphatic rings. The van der Waals surface area contributed by atoms with Crippen LogP contribution in [0.15, 0.2) is 66.9 Å². The van der Waals surface area contributed by atoms with Crippen molar-refractivity contribution in [3.63, 3.8) is 0 Å². The number of rotatable bonds is 5. The van der Waals surface area contributed by atoms with Crippen LogP contribution in [0.3, 0.4) is 0 Å². The van der Waals surface area contributed by atoms with Crippen molar-refractivity contribution in [2.24, 2.45) is 5.92 Å². The van der Waals surface area contributed by atoms with E-state index in [9.17, 15) is 9.59 Å². The topological polar surface area (TPSA) is 113 Å². The highest BCUT2D eigenvalue weighted by molar-refractivity contribution is 5.94. The van der Waals surface area contributed by atoms with E-state index in [4.69, 9.17) is 15.1 Å². The van der Waals surface area contributed by atoms with Gasteiger partial charge in [-0.25, -0.2) is 14.3 Å². The van der Waals surface area contributed by atoms with Gasteiger partial charge >= 0.3 is 6.09 Å². The third-order valence-electron chi connectivity index (χ3n) is 6.94. The number of carbonyl (C=O) groups excluding carboxylic acids is 2. The summed E-state index contributed by atoms with van der Waals surface area (Å²) in [5, 5.41) is 16.7. The number of benzene rings is 2. The Morgan fingerprint density at radius 1 is 1.00 bits per heavy atom. The number of hydrogen-bond donors (Lipinski definition) is 1. The molecule has 204 valence electrons. The Morgan fingerprint density at radius 2 is 1.68 bits per heavy atom. The molecule has 40 heavy (non-hydrogen) atoms. The third-order valence-corrected chi connectivity index (χ3v) is 6.94. The minimum absolute atomic E-state index is 0.00576. The number of alkyl carbamates (subject to hydrolysis) is 1. The highest BCUT2D eigenvalue weighted by Crippen LogP contribution is 2.25. The standard InChI is InChI=1S/C31H32N6O3/c1-31(2,3)40-30(39)34-19-22-14-16-36(17-15-22)29(38)25-10-8-23(9-11-25)26-12-13-28-33-20-27(37(28)35-26)24-6-4-21(18-32)5-7-24/h4-13,20,22H,14-17,19H2,1-3H3,(H,34,39). The van der Waals surface area contributed by atoms with Crippen molar-refractivity contribution in [3.05, 3.63) is 78.0 Å². The molecule has 0 aliphatic carbocycles. The third kappa shape index (κ3) is 6.12. The smallest absolute Gasteiger partial charge is 0.407 e. The first-order valence-electron chi connectivity index (χ1n) is 13.4. The van der Waals surface area contributed by atoms with E-state index in [2.05, 4.69) is 16.4 Å². The van der Waals surface area contributed by atoms with Gasteiger partial charge in [-0.05, 0) is 75.9 Å². The number of amides is 2. The van der Waals surface area contributed by atoms with Gasteiger partial charge < -0.3 is 15.0 Å². The van der Waals surface area contributed by atoms with Crippen LogP contribution in [-0.4, -0.2) is 56.7 Å². The summed E-state index contributed by atoms with van der Waals surface area (Å²) in [5.41, 5.74) is 4.84. The molecule has 9 nitrogen and oxygen atoms in total. The maximum Gasteiger partial charge on any atom is 0.407 e. The molecule has 4 aromatic rings. The van der Waals surface area contributed by atoms with Crippen LogP contribution in [-0.2, 0) is 4.74 Å². The number of nitriles is 1. The van der Waals surface area contributed by atoms with Gasteiger partial charge in [0.2, 0.25) is 0 Å². The molecule has 2 amide bonds. The Bertz CT molecular complexity index is 1550. The summed E-state index contributed by atoms with van der Waals surface area (Å²) >= 11 is 0. The lowest BCUT2D eigenvalue weighted by atomic mass is 9.96. The summed E-state index contributed by atoms with van der Waals surface area (Å²) in [4.78, 5) is 31.4. The summed E-state index contributed by atoms with van der Waals surface area (Å²) in [5.74, 6) is 0.323. The predicted octanol–water partition coefficient (Wildman–Crippen LogP) is 5.31. The van der Waals surface area contributed by atoms with Crippen LogP contribution < -0.4 is 5.32 Å². The summed E-state index contributed by atoms with van der Waals surface area (Å²) in [7, 11) is 0. The van der Waals surface area contributed by atoms with E-state index in [0.717, 1.165) is 41.0 Å². The van der Waals surface area contributed by atoms with Crippen molar-refractivity contribution < 1.29 is 14.3 Å². The van der Waals surface area contributed by atoms with E-state index >= 15 is 0 Å². The van der Waals surface area contributed by atoms with Gasteiger partial charge in [0.25, 0.3) is 5.91 Å². The zero-order chi connectivity index (χ0) is 28.3. The number of hydrogen-bond acceptors (Lipinski definition) is 6. The molecular formula is C31H32N6O3. The van der Waals surface area contributed by atoms with E-state index in [1.54, 1.807) is 22.8 Å². The second-order valence-electron chi connectivity index (χ2n) is 11.0. The Hall–Kier alpha value is -4.71. The number of carbonyl (C=O) groups is 2. The van der Waals surface area contributed by atoms with Crippen molar-refractivity contribution in [1.29, 1.82) is 5.26 Å². The van der Waals surface area contributed by atoms with E-state index < -0.39 is 11.7 Å². The molecule has 0 radical (unpaired) electrons. The first-order valence-corrected chi connectivity index (χ1v) is 13.4. The number of ether oxygens (including phenoxy) is 1. The molecule has 1 N–H and O–H groups in total. The van der Waals surface area contributed by atoms with Crippen molar-refractivity contribution in [3.8, 4) is 28.6 Å². The van der Waals surface area contributed by atoms with E-state index in [1.165, 1.54) is 0 Å². The molecule has 1 fully saturated rings. The summed E-state index contributed by atoms with van der Waals surface area (Å²) in [6.07, 6.45) is 3.02. The molecule has 1 aliphatic heterocycles. The first kappa shape index (κ1) is 26.9. The average Bonchev–Trinajstić information content (AvgIpc) is 3.38. The zero-order valence-electron chi connectivity index (χ0n) is 22.9. The fraction of sp³-hybridized carbons (Fsp3) is 0.323. The van der Waals surface area contributed by atoms with Crippen LogP contribution in [0.4, 0.5) is 4.79 Å². The van der Waals surface area contributed by atoms with E-state index in [0.29, 0.717) is 36.7 Å². The van der Waals surface area contributed by atoms with E-state index in [-0.39, 0.29) is 5.91 Å². The van der Waals surface area contributed by atoms with Crippen molar-refractivity contribution in [1.82, 2.24) is 24.8 Å². The number of nitrogens with one attached hydrogen (secondary N) is 1. The van der Waals surface area contributed by atoms with Crippen molar-refractivity contribution in [2.75, 3.05) is 19.6 Å². The minimum Gasteiger partial charge on any atom is -0.444 e. The molecule has 2 aromatic carbocycles. The normalized spacial score (nSPS) is 14.1. The Balaban J connectivity index is 1.22. The lowest BCUT2D eigenvalue weighted by Gasteiger charge is -2.32. The molecule has 0 atom stereocenters. The van der Waals surface area contributed by atoms with Gasteiger partial charge in [0, 0.05) is 36.3 Å². The number of piperidine rings is 1. The number of nitrogens with zero attached hydrogens (tertiary/aromatic N) is 5. The molecule has 0 spiro atoms. The average molecular weight is 537 g/mol. The van der Waals surface area contributed by atoms with Crippen LogP contribution in [0.5, 0.6) is 0 Å². The minimum atomic E-state index is -0.521. The van der Waals surface area contributed by atoms with Crippen LogP contribution in [0, 0.1) is 17.2 Å². The van der Waals surface area contributed by atoms with Crippen molar-refractivity contribution in [2.45, 2.75) is 39.2 Å². The van der Waals surface area contributed by atoms with Crippen molar-refractivity contribution >= 4 is 17.6 Å². The number of imidazole rings is 1. The van der Waals surface area contributed by atoms with Crippen LogP contribution in [0.1, 0.15) is 49.5 Å². The lowest BCUT2D eigenvalue weighted by Crippen LogP contribution is -2.42. The van der Waals surface area contributed by atoms with Gasteiger partial charge in [0.1, 0.15) is 5.60 Å². The predicted molar refractivity (Wildman–Crippen MR) is 151 cm³/mol. The molecule has 2 aromatic heterocycles. The van der Waals surface area contributed by atoms with Gasteiger partial charge in [-0.1, -0.05) is 24.3 Å². The summed E-state index contributed by atoms with van der Waals surface area (Å²) in [6.45, 7) is 7.37. The summed E-state index contributed by atoms with van der Waals surface area (Å²) in [6, 6.07) is 20.8. The van der Waals surface area contributed by atoms with Crippen LogP contribution >= 0.6 is 0 Å². The largest absolute Gasteiger partial charge is 0.444 e. The molecule has 0 saturated carbocycles. The fourth-order valence-corrected chi connectivity index (χ4v) is 4.79. The molecular weight excluding hydrogens is 504 g/mol. The molecule has 5 rings (SSSR count). The quantitative estimate of drug-likeness (QED) is 0.370. The summed E-state index contributed by atoms with van der Waals surface area (Å²) < 4.78 is 7.09. The Kier molecular flexibility index (Phi) is 7.52. The van der Waals surface area contributed by atoms with Gasteiger partial charge in [0.05, 0.1) is 29.2 Å². The maximum absolute atomic E-state index is 13.2. The second-order valence-corrected chi connectivity index (χ2v) is 11.0. The van der Waals surface area contributed by atoms with Gasteiger partial charge in [-0.15, -0.1) is 0 Å². The Labute approximate surface area is 233 Å². The van der Waals surface area contributed by atoms with E-state index in [1.807, 2.05) is 74.2 Å². The SMILES string of the molecule is CC(C)(C)OC(=O)NCC1CCN(C(=O)c2ccc(-c3ccc4ncc(-c5ccc(C#N)cc5)n4n3)cc2)CC1. The second kappa shape index (κ2) is 11.2. The molecule has 9 heteroatoms. The lowest BCUT2D eigenvalue weighted by molar-refractivity contribution is 0.0500. The molecule has 3 heterocycles. The first-order chi connectivity index (χ1) is 19.2. The van der Waals surface area contributed by atoms with Gasteiger partial charge in [0.15, 0.2) is 5.65 Å². The molecule has 1 saturated heterocycles. The molecule has 0 unspecified atom stereocenters. The molecule has 0 bridgehead atoms. The zero-order valence-corrected chi connectivity index (χ0v) is 22.9. The van der Waals surface area contributed by atoms with Gasteiger partial charge in [-0.3, -0.25) is 4.79 Å². The Morgan fingerprint density at radius 3 is 2.33 bits per heavy atom. The van der Waals surface area contributed by atoms with Crippen LogP contribution in [0.25, 0.3) is 28.2 Å². The number of fused-ring (bicyclic) bond motifs is 1. The highest BCUT2D eigenvalue weighted by Gasteiger charge is 2.25. The monoisotopic (exact) mass is 536 g/mol. The number of likely N-dealkylation sites (tertiary alicyclic amines) is 1. The fourth-order valence-electron chi connectivity index (χ4n) is 4.79. The highest BCUT2D eigenvalue weighted by atomic mass is 16.6. The van der Waals surface area contributed by atoms with Gasteiger partial charge in [-0.2, -0.15) is 10.4 Å².